The fourth-order valence-corrected chi connectivity index (χ4v) is 1.15. The molecule has 0 saturated carbocycles. The number of hydrogen-bond acceptors (Lipinski definition) is 3. The van der Waals surface area contributed by atoms with Gasteiger partial charge in [0.2, 0.25) is 0 Å². The van der Waals surface area contributed by atoms with E-state index in [0.29, 0.717) is 5.56 Å². The summed E-state index contributed by atoms with van der Waals surface area (Å²) in [5.41, 5.74) is 0.304. The topological polar surface area (TPSA) is 42.2 Å². The van der Waals surface area contributed by atoms with Gasteiger partial charge in [0.15, 0.2) is 11.5 Å². The number of nitriles is 1. The maximum atomic E-state index is 12.0. The van der Waals surface area contributed by atoms with Crippen molar-refractivity contribution in [2.45, 2.75) is 6.92 Å². The van der Waals surface area contributed by atoms with Crippen molar-refractivity contribution in [3.05, 3.63) is 23.8 Å². The first kappa shape index (κ1) is 17.8. The van der Waals surface area contributed by atoms with Gasteiger partial charge >= 0.3 is 58.4 Å². The molecule has 18 heavy (non-hydrogen) atoms. The Bertz CT molecular complexity index is 434. The molecule has 1 rings (SSSR count). The van der Waals surface area contributed by atoms with Crippen LogP contribution >= 0.6 is 0 Å². The average molecular weight is 283 g/mol. The van der Waals surface area contributed by atoms with Crippen LogP contribution < -0.4 is 60.9 Å². The van der Waals surface area contributed by atoms with E-state index in [1.165, 1.54) is 18.2 Å². The minimum atomic E-state index is -5.01. The first-order valence-corrected chi connectivity index (χ1v) is 4.97. The molecule has 92 valence electrons. The van der Waals surface area contributed by atoms with Crippen LogP contribution in [0, 0.1) is 11.3 Å². The van der Waals surface area contributed by atoms with Gasteiger partial charge in [0, 0.05) is 6.07 Å². The molecule has 0 aromatic heterocycles. The molecular weight excluding hydrogens is 273 g/mol. The maximum absolute atomic E-state index is 12.0. The van der Waals surface area contributed by atoms with Gasteiger partial charge in [-0.1, -0.05) is 0 Å². The molecule has 0 aliphatic rings. The molecule has 0 bridgehead atoms. The van der Waals surface area contributed by atoms with Crippen molar-refractivity contribution in [2.75, 3.05) is 13.1 Å². The van der Waals surface area contributed by atoms with Gasteiger partial charge in [0.25, 0.3) is 0 Å². The molecule has 0 atom stereocenters. The Morgan fingerprint density at radius 3 is 2.39 bits per heavy atom. The molecule has 0 spiro atoms. The molecule has 0 amide bonds. The average Bonchev–Trinajstić information content (AvgIpc) is 2.26. The number of halogens is 3. The number of nitrogens with zero attached hydrogens (tertiary/aromatic N) is 1. The minimum absolute atomic E-state index is 0. The summed E-state index contributed by atoms with van der Waals surface area (Å²) in [5, 5.41) is 8.66. The summed E-state index contributed by atoms with van der Waals surface area (Å²) in [6, 6.07) is 5.89. The third-order valence-electron chi connectivity index (χ3n) is 1.80. The van der Waals surface area contributed by atoms with Gasteiger partial charge in [-0.3, -0.25) is 0 Å². The Balaban J connectivity index is 0.00000289. The molecule has 0 fully saturated rings. The van der Waals surface area contributed by atoms with E-state index in [-0.39, 0.29) is 69.5 Å². The van der Waals surface area contributed by atoms with Crippen molar-refractivity contribution >= 4 is 6.98 Å². The van der Waals surface area contributed by atoms with Crippen molar-refractivity contribution in [1.29, 1.82) is 5.26 Å². The standard InChI is InChI=1S/C10H10BF3NO2.K/c1-2-16-10-5-8(6-15)3-4-9(10)17-7-11(12,13)14;/h3-5H,2,7H2,1H3;/q-1;+1. The van der Waals surface area contributed by atoms with E-state index in [2.05, 4.69) is 4.74 Å². The van der Waals surface area contributed by atoms with E-state index in [0.717, 1.165) is 0 Å². The number of rotatable bonds is 5. The minimum Gasteiger partial charge on any atom is -0.519 e. The van der Waals surface area contributed by atoms with E-state index in [1.54, 1.807) is 6.92 Å². The van der Waals surface area contributed by atoms with Gasteiger partial charge in [-0.15, -0.1) is 0 Å². The van der Waals surface area contributed by atoms with Crippen LogP contribution in [0.1, 0.15) is 12.5 Å². The zero-order valence-electron chi connectivity index (χ0n) is 10.1. The van der Waals surface area contributed by atoms with Crippen molar-refractivity contribution in [1.82, 2.24) is 0 Å². The molecule has 0 N–H and O–H groups in total. The SMILES string of the molecule is CCOc1cc(C#N)ccc1OC[B-](F)(F)F.[K+]. The van der Waals surface area contributed by atoms with Gasteiger partial charge in [-0.05, 0) is 19.1 Å². The molecule has 0 heterocycles. The summed E-state index contributed by atoms with van der Waals surface area (Å²) in [6.45, 7) is -4.37. The van der Waals surface area contributed by atoms with Crippen LogP contribution in [-0.2, 0) is 0 Å². The summed E-state index contributed by atoms with van der Waals surface area (Å²) < 4.78 is 45.9. The van der Waals surface area contributed by atoms with Crippen LogP contribution in [-0.4, -0.2) is 20.1 Å². The second-order valence-corrected chi connectivity index (χ2v) is 3.23. The summed E-state index contributed by atoms with van der Waals surface area (Å²) in [6.07, 6.45) is 0. The second kappa shape index (κ2) is 8.07. The first-order valence-electron chi connectivity index (χ1n) is 4.97. The molecule has 8 heteroatoms. The molecule has 3 nitrogen and oxygen atoms in total. The summed E-state index contributed by atoms with van der Waals surface area (Å²) in [5.74, 6) is 0.136. The predicted molar refractivity (Wildman–Crippen MR) is 56.9 cm³/mol. The van der Waals surface area contributed by atoms with Gasteiger partial charge < -0.3 is 22.4 Å². The van der Waals surface area contributed by atoms with Gasteiger partial charge in [0.05, 0.1) is 24.7 Å². The smallest absolute Gasteiger partial charge is 0.519 e. The predicted octanol–water partition coefficient (Wildman–Crippen LogP) is -0.274. The van der Waals surface area contributed by atoms with Crippen molar-refractivity contribution in [3.8, 4) is 17.6 Å². The van der Waals surface area contributed by atoms with E-state index < -0.39 is 13.5 Å². The van der Waals surface area contributed by atoms with E-state index >= 15 is 0 Å². The van der Waals surface area contributed by atoms with Gasteiger partial charge in [0.1, 0.15) is 0 Å². The van der Waals surface area contributed by atoms with E-state index in [1.807, 2.05) is 6.07 Å². The van der Waals surface area contributed by atoms with Crippen molar-refractivity contribution in [3.63, 3.8) is 0 Å². The largest absolute Gasteiger partial charge is 1.00 e. The van der Waals surface area contributed by atoms with Crippen LogP contribution in [0.25, 0.3) is 0 Å². The zero-order chi connectivity index (χ0) is 12.9. The van der Waals surface area contributed by atoms with Crippen LogP contribution in [0.3, 0.4) is 0 Å². The molecule has 0 aliphatic heterocycles. The molecule has 0 saturated heterocycles. The van der Waals surface area contributed by atoms with Crippen LogP contribution in [0.2, 0.25) is 0 Å². The Morgan fingerprint density at radius 2 is 1.89 bits per heavy atom. The Morgan fingerprint density at radius 1 is 1.22 bits per heavy atom. The van der Waals surface area contributed by atoms with E-state index in [4.69, 9.17) is 10.00 Å². The monoisotopic (exact) mass is 283 g/mol. The van der Waals surface area contributed by atoms with Crippen LogP contribution in [0.15, 0.2) is 18.2 Å². The van der Waals surface area contributed by atoms with E-state index in [9.17, 15) is 12.9 Å². The number of ether oxygens (including phenoxy) is 2. The van der Waals surface area contributed by atoms with Crippen molar-refractivity contribution in [2.24, 2.45) is 0 Å². The molecule has 1 aromatic carbocycles. The molecule has 1 aromatic rings. The fourth-order valence-electron chi connectivity index (χ4n) is 1.15. The van der Waals surface area contributed by atoms with Crippen molar-refractivity contribution < 1.29 is 73.8 Å². The maximum Gasteiger partial charge on any atom is 1.00 e. The number of benzene rings is 1. The Kier molecular flexibility index (Phi) is 7.98. The van der Waals surface area contributed by atoms with Crippen LogP contribution in [0.5, 0.6) is 11.5 Å². The third-order valence-corrected chi connectivity index (χ3v) is 1.80. The molecular formula is C10H10BF3KNO2. The Hall–Kier alpha value is -0.199. The zero-order valence-corrected chi connectivity index (χ0v) is 13.2. The second-order valence-electron chi connectivity index (χ2n) is 3.23. The van der Waals surface area contributed by atoms with Gasteiger partial charge in [-0.25, -0.2) is 0 Å². The quantitative estimate of drug-likeness (QED) is 0.698. The molecule has 0 radical (unpaired) electrons. The Labute approximate surface area is 146 Å². The summed E-state index contributed by atoms with van der Waals surface area (Å²) >= 11 is 0. The van der Waals surface area contributed by atoms with Gasteiger partial charge in [-0.2, -0.15) is 5.26 Å². The molecule has 0 aliphatic carbocycles. The van der Waals surface area contributed by atoms with Crippen LogP contribution in [0.4, 0.5) is 12.9 Å². The summed E-state index contributed by atoms with van der Waals surface area (Å²) in [4.78, 5) is 0. The number of hydrogen-bond donors (Lipinski definition) is 0. The third kappa shape index (κ3) is 6.11. The normalized spacial score (nSPS) is 10.2. The molecule has 0 unspecified atom stereocenters. The fraction of sp³-hybridized carbons (Fsp3) is 0.300. The summed E-state index contributed by atoms with van der Waals surface area (Å²) in [7, 11) is 0. The first-order chi connectivity index (χ1) is 7.96.